The molecule has 0 saturated heterocycles. The molecule has 0 bridgehead atoms. The molecule has 0 aliphatic rings. The molecule has 1 aromatic carbocycles. The molecule has 4 heteroatoms. The van der Waals surface area contributed by atoms with Gasteiger partial charge in [-0.05, 0) is 30.7 Å². The number of nitrogens with zero attached hydrogens (tertiary/aromatic N) is 1. The van der Waals surface area contributed by atoms with E-state index in [9.17, 15) is 4.79 Å². The fraction of sp³-hybridized carbons (Fsp3) is 0.167. The summed E-state index contributed by atoms with van der Waals surface area (Å²) < 4.78 is 4.73. The number of hydrogen-bond acceptors (Lipinski definition) is 3. The van der Waals surface area contributed by atoms with Gasteiger partial charge in [-0.15, -0.1) is 0 Å². The topological polar surface area (TPSA) is 50.1 Å². The maximum absolute atomic E-state index is 11.0. The van der Waals surface area contributed by atoms with Crippen molar-refractivity contribution in [1.29, 1.82) is 5.26 Å². The van der Waals surface area contributed by atoms with E-state index in [1.807, 2.05) is 6.07 Å². The number of carbonyl (C=O) groups is 1. The summed E-state index contributed by atoms with van der Waals surface area (Å²) in [6, 6.07) is 6.89. The van der Waals surface area contributed by atoms with Crippen LogP contribution in [0.5, 0.6) is 0 Å². The molecule has 0 N–H and O–H groups in total. The minimum absolute atomic E-state index is 0.345. The number of nitriles is 1. The molecule has 1 aromatic rings. The highest BCUT2D eigenvalue weighted by Crippen LogP contribution is 2.17. The van der Waals surface area contributed by atoms with Gasteiger partial charge in [-0.2, -0.15) is 5.26 Å². The van der Waals surface area contributed by atoms with Crippen molar-refractivity contribution in [2.24, 2.45) is 0 Å². The quantitative estimate of drug-likeness (QED) is 0.598. The smallest absolute Gasteiger partial charge is 0.330 e. The zero-order chi connectivity index (χ0) is 12.0. The Morgan fingerprint density at radius 3 is 2.94 bits per heavy atom. The Bertz CT molecular complexity index is 461. The van der Waals surface area contributed by atoms with Gasteiger partial charge < -0.3 is 4.74 Å². The largest absolute Gasteiger partial charge is 0.463 e. The average molecular weight is 236 g/mol. The van der Waals surface area contributed by atoms with Crippen molar-refractivity contribution in [2.45, 2.75) is 6.92 Å². The van der Waals surface area contributed by atoms with Gasteiger partial charge in [-0.3, -0.25) is 0 Å². The molecule has 0 amide bonds. The molecule has 16 heavy (non-hydrogen) atoms. The zero-order valence-corrected chi connectivity index (χ0v) is 9.49. The fourth-order valence-corrected chi connectivity index (χ4v) is 1.31. The molecule has 0 radical (unpaired) electrons. The Labute approximate surface area is 98.9 Å². The van der Waals surface area contributed by atoms with Crippen molar-refractivity contribution in [1.82, 2.24) is 0 Å². The van der Waals surface area contributed by atoms with Crippen molar-refractivity contribution >= 4 is 23.6 Å². The molecule has 0 atom stereocenters. The predicted octanol–water partition coefficient (Wildman–Crippen LogP) is 2.79. The third kappa shape index (κ3) is 3.41. The summed E-state index contributed by atoms with van der Waals surface area (Å²) in [5.41, 5.74) is 1.16. The fourth-order valence-electron chi connectivity index (χ4n) is 1.08. The highest BCUT2D eigenvalue weighted by Gasteiger charge is 1.99. The number of esters is 1. The van der Waals surface area contributed by atoms with E-state index >= 15 is 0 Å². The Hall–Kier alpha value is -1.79. The Morgan fingerprint density at radius 2 is 2.38 bits per heavy atom. The van der Waals surface area contributed by atoms with Gasteiger partial charge in [0.05, 0.1) is 17.2 Å². The van der Waals surface area contributed by atoms with Crippen LogP contribution in [0.3, 0.4) is 0 Å². The molecule has 3 nitrogen and oxygen atoms in total. The second-order valence-corrected chi connectivity index (χ2v) is 3.34. The summed E-state index contributed by atoms with van der Waals surface area (Å²) in [4.78, 5) is 11.0. The van der Waals surface area contributed by atoms with Crippen LogP contribution in [0, 0.1) is 11.3 Å². The lowest BCUT2D eigenvalue weighted by atomic mass is 10.1. The Balaban J connectivity index is 2.80. The molecular weight excluding hydrogens is 226 g/mol. The van der Waals surface area contributed by atoms with Crippen molar-refractivity contribution in [2.75, 3.05) is 6.61 Å². The van der Waals surface area contributed by atoms with Crippen LogP contribution in [0.25, 0.3) is 6.08 Å². The molecular formula is C12H10ClNO2. The second kappa shape index (κ2) is 5.94. The van der Waals surface area contributed by atoms with Crippen LogP contribution in [0.2, 0.25) is 5.02 Å². The lowest BCUT2D eigenvalue weighted by molar-refractivity contribution is -0.137. The van der Waals surface area contributed by atoms with E-state index in [1.54, 1.807) is 31.2 Å². The summed E-state index contributed by atoms with van der Waals surface area (Å²) in [5.74, 6) is -0.400. The van der Waals surface area contributed by atoms with Crippen molar-refractivity contribution in [3.63, 3.8) is 0 Å². The van der Waals surface area contributed by atoms with Gasteiger partial charge in [0, 0.05) is 6.08 Å². The third-order valence-corrected chi connectivity index (χ3v) is 2.12. The monoisotopic (exact) mass is 235 g/mol. The van der Waals surface area contributed by atoms with Gasteiger partial charge in [-0.1, -0.05) is 17.7 Å². The minimum atomic E-state index is -0.400. The first kappa shape index (κ1) is 12.3. The van der Waals surface area contributed by atoms with Crippen molar-refractivity contribution < 1.29 is 9.53 Å². The number of ether oxygens (including phenoxy) is 1. The predicted molar refractivity (Wildman–Crippen MR) is 61.8 cm³/mol. The van der Waals surface area contributed by atoms with Crippen molar-refractivity contribution in [3.8, 4) is 6.07 Å². The normalized spacial score (nSPS) is 10.1. The van der Waals surface area contributed by atoms with E-state index in [0.29, 0.717) is 17.2 Å². The van der Waals surface area contributed by atoms with Gasteiger partial charge in [0.2, 0.25) is 0 Å². The Morgan fingerprint density at radius 1 is 1.62 bits per heavy atom. The lowest BCUT2D eigenvalue weighted by Crippen LogP contribution is -1.98. The molecule has 0 spiro atoms. The van der Waals surface area contributed by atoms with Crippen LogP contribution in [0.15, 0.2) is 24.3 Å². The van der Waals surface area contributed by atoms with Crippen LogP contribution < -0.4 is 0 Å². The van der Waals surface area contributed by atoms with Crippen LogP contribution in [0.1, 0.15) is 18.1 Å². The highest BCUT2D eigenvalue weighted by molar-refractivity contribution is 6.31. The second-order valence-electron chi connectivity index (χ2n) is 2.94. The summed E-state index contributed by atoms with van der Waals surface area (Å²) in [6.45, 7) is 2.08. The maximum atomic E-state index is 11.0. The van der Waals surface area contributed by atoms with E-state index in [0.717, 1.165) is 5.56 Å². The lowest BCUT2D eigenvalue weighted by Gasteiger charge is -1.97. The molecule has 0 saturated carbocycles. The number of halogens is 1. The van der Waals surface area contributed by atoms with Gasteiger partial charge in [0.15, 0.2) is 0 Å². The van der Waals surface area contributed by atoms with Gasteiger partial charge in [0.25, 0.3) is 0 Å². The summed E-state index contributed by atoms with van der Waals surface area (Å²) in [5, 5.41) is 9.04. The first-order chi connectivity index (χ1) is 7.67. The molecule has 82 valence electrons. The number of hydrogen-bond donors (Lipinski definition) is 0. The van der Waals surface area contributed by atoms with Gasteiger partial charge in [0.1, 0.15) is 6.07 Å². The molecule has 0 heterocycles. The van der Waals surface area contributed by atoms with Crippen molar-refractivity contribution in [3.05, 3.63) is 40.4 Å². The Kier molecular flexibility index (Phi) is 4.56. The summed E-state index contributed by atoms with van der Waals surface area (Å²) >= 11 is 5.83. The molecule has 0 aromatic heterocycles. The van der Waals surface area contributed by atoms with Gasteiger partial charge in [-0.25, -0.2) is 4.79 Å². The third-order valence-electron chi connectivity index (χ3n) is 1.81. The van der Waals surface area contributed by atoms with Crippen LogP contribution in [-0.4, -0.2) is 12.6 Å². The molecule has 0 unspecified atom stereocenters. The molecule has 0 aliphatic carbocycles. The van der Waals surface area contributed by atoms with E-state index in [1.165, 1.54) is 6.08 Å². The van der Waals surface area contributed by atoms with Crippen LogP contribution >= 0.6 is 11.6 Å². The van der Waals surface area contributed by atoms with E-state index in [4.69, 9.17) is 21.6 Å². The maximum Gasteiger partial charge on any atom is 0.330 e. The van der Waals surface area contributed by atoms with E-state index in [2.05, 4.69) is 0 Å². The van der Waals surface area contributed by atoms with E-state index in [-0.39, 0.29) is 0 Å². The minimum Gasteiger partial charge on any atom is -0.463 e. The number of rotatable bonds is 3. The van der Waals surface area contributed by atoms with E-state index < -0.39 is 5.97 Å². The number of carbonyl (C=O) groups excluding carboxylic acids is 1. The number of benzene rings is 1. The highest BCUT2D eigenvalue weighted by atomic mass is 35.5. The zero-order valence-electron chi connectivity index (χ0n) is 8.74. The first-order valence-electron chi connectivity index (χ1n) is 4.72. The van der Waals surface area contributed by atoms with Crippen LogP contribution in [-0.2, 0) is 9.53 Å². The molecule has 0 aliphatic heterocycles. The molecule has 0 fully saturated rings. The van der Waals surface area contributed by atoms with Crippen LogP contribution in [0.4, 0.5) is 0 Å². The van der Waals surface area contributed by atoms with Gasteiger partial charge >= 0.3 is 5.97 Å². The average Bonchev–Trinajstić information content (AvgIpc) is 2.27. The summed E-state index contributed by atoms with van der Waals surface area (Å²) in [6.07, 6.45) is 2.91. The SMILES string of the molecule is CCOC(=O)C=Cc1ccc(C#N)c(Cl)c1. The molecule has 1 rings (SSSR count). The standard InChI is InChI=1S/C12H10ClNO2/c1-2-16-12(15)6-4-9-3-5-10(8-14)11(13)7-9/h3-7H,2H2,1H3. The first-order valence-corrected chi connectivity index (χ1v) is 5.09. The summed E-state index contributed by atoms with van der Waals surface area (Å²) in [7, 11) is 0.